The van der Waals surface area contributed by atoms with Crippen molar-refractivity contribution in [3.8, 4) is 0 Å². The van der Waals surface area contributed by atoms with Crippen LogP contribution in [-0.4, -0.2) is 41.5 Å². The second kappa shape index (κ2) is 5.19. The molecule has 1 unspecified atom stereocenters. The molecule has 2 rings (SSSR count). The Labute approximate surface area is 90.7 Å². The van der Waals surface area contributed by atoms with E-state index >= 15 is 0 Å². The first-order chi connectivity index (χ1) is 7.34. The van der Waals surface area contributed by atoms with Gasteiger partial charge < -0.3 is 10.2 Å². The van der Waals surface area contributed by atoms with E-state index in [-0.39, 0.29) is 0 Å². The summed E-state index contributed by atoms with van der Waals surface area (Å²) in [4.78, 5) is 10.6. The molecule has 0 spiro atoms. The van der Waals surface area contributed by atoms with Gasteiger partial charge in [0.1, 0.15) is 0 Å². The first-order valence-electron chi connectivity index (χ1n) is 5.49. The van der Waals surface area contributed by atoms with Gasteiger partial charge in [-0.1, -0.05) is 0 Å². The van der Waals surface area contributed by atoms with E-state index in [1.165, 1.54) is 19.5 Å². The lowest BCUT2D eigenvalue weighted by Gasteiger charge is -2.11. The standard InChI is InChI=1S/C11H18N4/c1-15-5-2-10(9-15)6-13-8-11-7-12-3-4-14-11/h3-4,7,10,13H,2,5-6,8-9H2,1H3. The van der Waals surface area contributed by atoms with Crippen LogP contribution in [0.4, 0.5) is 0 Å². The molecule has 1 fully saturated rings. The topological polar surface area (TPSA) is 41.0 Å². The summed E-state index contributed by atoms with van der Waals surface area (Å²) < 4.78 is 0. The van der Waals surface area contributed by atoms with Crippen LogP contribution in [0.2, 0.25) is 0 Å². The Morgan fingerprint density at radius 3 is 3.13 bits per heavy atom. The second-order valence-electron chi connectivity index (χ2n) is 4.24. The van der Waals surface area contributed by atoms with Crippen molar-refractivity contribution in [1.29, 1.82) is 0 Å². The van der Waals surface area contributed by atoms with E-state index in [9.17, 15) is 0 Å². The molecule has 0 aromatic carbocycles. The van der Waals surface area contributed by atoms with Crippen LogP contribution in [-0.2, 0) is 6.54 Å². The predicted molar refractivity (Wildman–Crippen MR) is 59.3 cm³/mol. The van der Waals surface area contributed by atoms with Crippen molar-refractivity contribution in [2.75, 3.05) is 26.7 Å². The number of likely N-dealkylation sites (tertiary alicyclic amines) is 1. The molecule has 0 aliphatic carbocycles. The first kappa shape index (κ1) is 10.5. The van der Waals surface area contributed by atoms with Gasteiger partial charge in [-0.2, -0.15) is 0 Å². The van der Waals surface area contributed by atoms with E-state index in [4.69, 9.17) is 0 Å². The van der Waals surface area contributed by atoms with E-state index < -0.39 is 0 Å². The zero-order chi connectivity index (χ0) is 10.5. The van der Waals surface area contributed by atoms with Gasteiger partial charge in [-0.15, -0.1) is 0 Å². The summed E-state index contributed by atoms with van der Waals surface area (Å²) in [5.74, 6) is 0.798. The number of hydrogen-bond acceptors (Lipinski definition) is 4. The number of rotatable bonds is 4. The maximum Gasteiger partial charge on any atom is 0.0724 e. The normalized spacial score (nSPS) is 22.1. The van der Waals surface area contributed by atoms with Crippen molar-refractivity contribution in [2.45, 2.75) is 13.0 Å². The van der Waals surface area contributed by atoms with Gasteiger partial charge in [0, 0.05) is 31.7 Å². The Morgan fingerprint density at radius 1 is 1.53 bits per heavy atom. The van der Waals surface area contributed by atoms with Crippen LogP contribution in [0.5, 0.6) is 0 Å². The molecule has 4 nitrogen and oxygen atoms in total. The van der Waals surface area contributed by atoms with Crippen molar-refractivity contribution in [1.82, 2.24) is 20.2 Å². The lowest BCUT2D eigenvalue weighted by Crippen LogP contribution is -2.25. The summed E-state index contributed by atoms with van der Waals surface area (Å²) in [7, 11) is 2.18. The van der Waals surface area contributed by atoms with Crippen LogP contribution in [0.25, 0.3) is 0 Å². The van der Waals surface area contributed by atoms with Crippen LogP contribution in [0.15, 0.2) is 18.6 Å². The van der Waals surface area contributed by atoms with E-state index in [1.807, 2.05) is 6.20 Å². The summed E-state index contributed by atoms with van der Waals surface area (Å²) in [6.07, 6.45) is 6.56. The molecule has 4 heteroatoms. The van der Waals surface area contributed by atoms with Gasteiger partial charge in [0.15, 0.2) is 0 Å². The Balaban J connectivity index is 1.67. The van der Waals surface area contributed by atoms with Gasteiger partial charge >= 0.3 is 0 Å². The minimum Gasteiger partial charge on any atom is -0.311 e. The quantitative estimate of drug-likeness (QED) is 0.779. The highest BCUT2D eigenvalue weighted by Gasteiger charge is 2.18. The van der Waals surface area contributed by atoms with Gasteiger partial charge in [-0.05, 0) is 32.5 Å². The lowest BCUT2D eigenvalue weighted by molar-refractivity contribution is 0.388. The third-order valence-electron chi connectivity index (χ3n) is 2.84. The Morgan fingerprint density at radius 2 is 2.47 bits per heavy atom. The molecule has 1 aromatic heterocycles. The van der Waals surface area contributed by atoms with E-state index in [0.717, 1.165) is 24.7 Å². The number of nitrogens with one attached hydrogen (secondary N) is 1. The zero-order valence-electron chi connectivity index (χ0n) is 9.19. The average Bonchev–Trinajstić information content (AvgIpc) is 2.66. The largest absolute Gasteiger partial charge is 0.311 e. The molecule has 82 valence electrons. The van der Waals surface area contributed by atoms with Crippen LogP contribution in [0.3, 0.4) is 0 Å². The summed E-state index contributed by atoms with van der Waals surface area (Å²) in [6, 6.07) is 0. The summed E-state index contributed by atoms with van der Waals surface area (Å²) in [5.41, 5.74) is 1.02. The molecule has 0 amide bonds. The molecule has 1 aliphatic heterocycles. The molecule has 0 bridgehead atoms. The van der Waals surface area contributed by atoms with Gasteiger partial charge in [-0.25, -0.2) is 0 Å². The van der Waals surface area contributed by atoms with Crippen molar-refractivity contribution < 1.29 is 0 Å². The number of nitrogens with zero attached hydrogens (tertiary/aromatic N) is 3. The minimum atomic E-state index is 0.798. The maximum atomic E-state index is 4.22. The molecule has 1 aliphatic rings. The lowest BCUT2D eigenvalue weighted by atomic mass is 10.1. The van der Waals surface area contributed by atoms with Crippen LogP contribution in [0, 0.1) is 5.92 Å². The minimum absolute atomic E-state index is 0.798. The summed E-state index contributed by atoms with van der Waals surface area (Å²) >= 11 is 0. The first-order valence-corrected chi connectivity index (χ1v) is 5.49. The summed E-state index contributed by atoms with van der Waals surface area (Å²) in [5, 5.41) is 3.44. The maximum absolute atomic E-state index is 4.22. The van der Waals surface area contributed by atoms with Crippen molar-refractivity contribution in [2.24, 2.45) is 5.92 Å². The molecule has 0 saturated carbocycles. The Kier molecular flexibility index (Phi) is 3.64. The van der Waals surface area contributed by atoms with E-state index in [0.29, 0.717) is 0 Å². The molecule has 1 saturated heterocycles. The predicted octanol–water partition coefficient (Wildman–Crippen LogP) is 0.518. The van der Waals surface area contributed by atoms with Gasteiger partial charge in [0.2, 0.25) is 0 Å². The fraction of sp³-hybridized carbons (Fsp3) is 0.636. The van der Waals surface area contributed by atoms with Gasteiger partial charge in [0.25, 0.3) is 0 Å². The molecule has 15 heavy (non-hydrogen) atoms. The molecule has 1 atom stereocenters. The van der Waals surface area contributed by atoms with Crippen LogP contribution in [0.1, 0.15) is 12.1 Å². The van der Waals surface area contributed by atoms with Crippen molar-refractivity contribution >= 4 is 0 Å². The van der Waals surface area contributed by atoms with Crippen LogP contribution < -0.4 is 5.32 Å². The van der Waals surface area contributed by atoms with E-state index in [2.05, 4.69) is 27.2 Å². The average molecular weight is 206 g/mol. The number of hydrogen-bond donors (Lipinski definition) is 1. The Bertz CT molecular complexity index is 288. The van der Waals surface area contributed by atoms with Gasteiger partial charge in [0.05, 0.1) is 5.69 Å². The molecule has 1 N–H and O–H groups in total. The summed E-state index contributed by atoms with van der Waals surface area (Å²) in [6.45, 7) is 4.36. The third-order valence-corrected chi connectivity index (χ3v) is 2.84. The van der Waals surface area contributed by atoms with Crippen molar-refractivity contribution in [3.63, 3.8) is 0 Å². The zero-order valence-corrected chi connectivity index (χ0v) is 9.19. The number of aromatic nitrogens is 2. The molecular weight excluding hydrogens is 188 g/mol. The fourth-order valence-electron chi connectivity index (χ4n) is 2.02. The fourth-order valence-corrected chi connectivity index (χ4v) is 2.02. The third kappa shape index (κ3) is 3.25. The monoisotopic (exact) mass is 206 g/mol. The highest BCUT2D eigenvalue weighted by atomic mass is 15.1. The SMILES string of the molecule is CN1CCC(CNCc2cnccn2)C1. The Hall–Kier alpha value is -1.00. The molecule has 0 radical (unpaired) electrons. The smallest absolute Gasteiger partial charge is 0.0724 e. The highest BCUT2D eigenvalue weighted by Crippen LogP contribution is 2.12. The molecule has 2 heterocycles. The van der Waals surface area contributed by atoms with Crippen molar-refractivity contribution in [3.05, 3.63) is 24.3 Å². The van der Waals surface area contributed by atoms with E-state index in [1.54, 1.807) is 12.4 Å². The van der Waals surface area contributed by atoms with Crippen LogP contribution >= 0.6 is 0 Å². The van der Waals surface area contributed by atoms with Gasteiger partial charge in [-0.3, -0.25) is 9.97 Å². The highest BCUT2D eigenvalue weighted by molar-refractivity contribution is 4.93. The second-order valence-corrected chi connectivity index (χ2v) is 4.24. The molecular formula is C11H18N4. The molecule has 1 aromatic rings.